The highest BCUT2D eigenvalue weighted by Gasteiger charge is 2.00. The summed E-state index contributed by atoms with van der Waals surface area (Å²) in [5.74, 6) is 0. The Labute approximate surface area is 85.7 Å². The summed E-state index contributed by atoms with van der Waals surface area (Å²) in [6, 6.07) is 6.84. The Morgan fingerprint density at radius 3 is 3.00 bits per heavy atom. The quantitative estimate of drug-likeness (QED) is 0.461. The first kappa shape index (κ1) is 11.1. The zero-order valence-electron chi connectivity index (χ0n) is 7.68. The first-order valence-electron chi connectivity index (χ1n) is 4.12. The van der Waals surface area contributed by atoms with Gasteiger partial charge in [-0.15, -0.1) is 6.58 Å². The molecule has 0 aliphatic rings. The molecule has 0 fully saturated rings. The third-order valence-electron chi connectivity index (χ3n) is 1.60. The van der Waals surface area contributed by atoms with E-state index in [0.29, 0.717) is 18.1 Å². The highest BCUT2D eigenvalue weighted by atomic mass is 32.2. The Bertz CT molecular complexity index is 336. The highest BCUT2D eigenvalue weighted by Crippen LogP contribution is 2.09. The van der Waals surface area contributed by atoms with Crippen LogP contribution in [0.25, 0.3) is 0 Å². The number of hydrogen-bond acceptors (Lipinski definition) is 2. The maximum absolute atomic E-state index is 10.7. The van der Waals surface area contributed by atoms with Crippen LogP contribution in [-0.2, 0) is 22.4 Å². The van der Waals surface area contributed by atoms with Crippen LogP contribution in [0.5, 0.6) is 0 Å². The van der Waals surface area contributed by atoms with Crippen molar-refractivity contribution in [1.29, 1.82) is 0 Å². The average molecular weight is 212 g/mol. The van der Waals surface area contributed by atoms with E-state index in [-0.39, 0.29) is 0 Å². The molecule has 0 bridgehead atoms. The zero-order chi connectivity index (χ0) is 10.4. The molecule has 0 radical (unpaired) electrons. The molecule has 0 aliphatic heterocycles. The van der Waals surface area contributed by atoms with Gasteiger partial charge in [-0.05, 0) is 17.7 Å². The van der Waals surface area contributed by atoms with Crippen LogP contribution in [0.15, 0.2) is 41.8 Å². The normalized spacial score (nSPS) is 12.4. The van der Waals surface area contributed by atoms with Crippen molar-refractivity contribution in [2.45, 2.75) is 11.5 Å². The number of rotatable bonds is 5. The molecular formula is C10H12O3S. The van der Waals surface area contributed by atoms with E-state index in [1.165, 1.54) is 0 Å². The Morgan fingerprint density at radius 1 is 1.57 bits per heavy atom. The van der Waals surface area contributed by atoms with Crippen molar-refractivity contribution in [3.8, 4) is 0 Å². The predicted octanol–water partition coefficient (Wildman–Crippen LogP) is 1.97. The third-order valence-corrected chi connectivity index (χ3v) is 2.26. The monoisotopic (exact) mass is 212 g/mol. The maximum Gasteiger partial charge on any atom is 0.186 e. The van der Waals surface area contributed by atoms with Gasteiger partial charge in [-0.25, -0.2) is 4.21 Å². The van der Waals surface area contributed by atoms with Crippen LogP contribution < -0.4 is 0 Å². The second-order valence-electron chi connectivity index (χ2n) is 2.70. The van der Waals surface area contributed by atoms with Gasteiger partial charge in [0, 0.05) is 0 Å². The molecule has 1 unspecified atom stereocenters. The lowest BCUT2D eigenvalue weighted by Gasteiger charge is -2.02. The second kappa shape index (κ2) is 5.70. The fraction of sp³-hybridized carbons (Fsp3) is 0.200. The summed E-state index contributed by atoms with van der Waals surface area (Å²) in [4.78, 5) is 0.393. The Hall–Kier alpha value is -0.970. The molecule has 1 N–H and O–H groups in total. The van der Waals surface area contributed by atoms with Gasteiger partial charge in [-0.3, -0.25) is 0 Å². The van der Waals surface area contributed by atoms with Gasteiger partial charge in [-0.2, -0.15) is 0 Å². The number of ether oxygens (including phenoxy) is 1. The molecule has 3 nitrogen and oxygen atoms in total. The minimum atomic E-state index is -1.92. The molecule has 76 valence electrons. The summed E-state index contributed by atoms with van der Waals surface area (Å²) in [6.07, 6.45) is 1.66. The lowest BCUT2D eigenvalue weighted by Crippen LogP contribution is -1.95. The summed E-state index contributed by atoms with van der Waals surface area (Å²) < 4.78 is 24.8. The van der Waals surface area contributed by atoms with E-state index < -0.39 is 11.1 Å². The van der Waals surface area contributed by atoms with E-state index in [2.05, 4.69) is 6.58 Å². The van der Waals surface area contributed by atoms with E-state index in [1.54, 1.807) is 24.3 Å². The van der Waals surface area contributed by atoms with Crippen LogP contribution in [0.1, 0.15) is 5.56 Å². The summed E-state index contributed by atoms with van der Waals surface area (Å²) in [5.41, 5.74) is 0.881. The topological polar surface area (TPSA) is 46.5 Å². The van der Waals surface area contributed by atoms with Gasteiger partial charge in [0.15, 0.2) is 11.1 Å². The smallest absolute Gasteiger partial charge is 0.186 e. The average Bonchev–Trinajstić information content (AvgIpc) is 2.19. The van der Waals surface area contributed by atoms with E-state index in [4.69, 9.17) is 9.29 Å². The molecule has 14 heavy (non-hydrogen) atoms. The Kier molecular flexibility index (Phi) is 4.52. The van der Waals surface area contributed by atoms with Gasteiger partial charge in [0.1, 0.15) is 0 Å². The summed E-state index contributed by atoms with van der Waals surface area (Å²) >= 11 is -1.92. The molecule has 0 aromatic heterocycles. The first-order valence-corrected chi connectivity index (χ1v) is 5.23. The fourth-order valence-corrected chi connectivity index (χ4v) is 1.45. The number of hydrogen-bond donors (Lipinski definition) is 1. The van der Waals surface area contributed by atoms with E-state index in [0.717, 1.165) is 5.56 Å². The second-order valence-corrected chi connectivity index (χ2v) is 3.67. The van der Waals surface area contributed by atoms with Crippen LogP contribution in [-0.4, -0.2) is 15.4 Å². The minimum absolute atomic E-state index is 0.393. The van der Waals surface area contributed by atoms with Gasteiger partial charge in [0.2, 0.25) is 0 Å². The van der Waals surface area contributed by atoms with E-state index in [9.17, 15) is 4.21 Å². The molecule has 1 atom stereocenters. The van der Waals surface area contributed by atoms with E-state index in [1.807, 2.05) is 6.07 Å². The molecule has 1 aromatic carbocycles. The molecule has 0 amide bonds. The van der Waals surface area contributed by atoms with Crippen molar-refractivity contribution >= 4 is 11.1 Å². The van der Waals surface area contributed by atoms with E-state index >= 15 is 0 Å². The molecule has 0 saturated heterocycles. The van der Waals surface area contributed by atoms with Crippen LogP contribution in [0.3, 0.4) is 0 Å². The molecule has 0 heterocycles. The van der Waals surface area contributed by atoms with Crippen molar-refractivity contribution in [3.05, 3.63) is 42.5 Å². The van der Waals surface area contributed by atoms with Crippen molar-refractivity contribution in [2.75, 3.05) is 6.61 Å². The summed E-state index contributed by atoms with van der Waals surface area (Å²) in [7, 11) is 0. The fourth-order valence-electron chi connectivity index (χ4n) is 1.00. The maximum atomic E-state index is 10.7. The molecule has 1 aromatic rings. The zero-order valence-corrected chi connectivity index (χ0v) is 8.50. The Morgan fingerprint density at radius 2 is 2.36 bits per heavy atom. The standard InChI is InChI=1S/C10H12O3S/c1-2-6-13-8-9-4-3-5-10(7-9)14(11)12/h2-5,7H,1,6,8H2,(H,11,12). The minimum Gasteiger partial charge on any atom is -0.373 e. The van der Waals surface area contributed by atoms with Crippen LogP contribution in [0, 0.1) is 0 Å². The van der Waals surface area contributed by atoms with Crippen molar-refractivity contribution in [2.24, 2.45) is 0 Å². The van der Waals surface area contributed by atoms with Crippen LogP contribution in [0.4, 0.5) is 0 Å². The van der Waals surface area contributed by atoms with Crippen molar-refractivity contribution < 1.29 is 13.5 Å². The highest BCUT2D eigenvalue weighted by molar-refractivity contribution is 7.79. The molecule has 1 rings (SSSR count). The van der Waals surface area contributed by atoms with Crippen LogP contribution >= 0.6 is 0 Å². The first-order chi connectivity index (χ1) is 6.74. The largest absolute Gasteiger partial charge is 0.373 e. The van der Waals surface area contributed by atoms with Gasteiger partial charge < -0.3 is 9.29 Å². The molecule has 4 heteroatoms. The molecule has 0 saturated carbocycles. The van der Waals surface area contributed by atoms with Gasteiger partial charge in [0.25, 0.3) is 0 Å². The lowest BCUT2D eigenvalue weighted by atomic mass is 10.2. The summed E-state index contributed by atoms with van der Waals surface area (Å²) in [5, 5.41) is 0. The predicted molar refractivity (Wildman–Crippen MR) is 55.3 cm³/mol. The molecule has 0 aliphatic carbocycles. The van der Waals surface area contributed by atoms with Gasteiger partial charge in [0.05, 0.1) is 18.1 Å². The lowest BCUT2D eigenvalue weighted by molar-refractivity contribution is 0.149. The Balaban J connectivity index is 2.63. The van der Waals surface area contributed by atoms with Crippen LogP contribution in [0.2, 0.25) is 0 Å². The van der Waals surface area contributed by atoms with Gasteiger partial charge >= 0.3 is 0 Å². The SMILES string of the molecule is C=CCOCc1cccc(S(=O)O)c1. The van der Waals surface area contributed by atoms with Gasteiger partial charge in [-0.1, -0.05) is 18.2 Å². The van der Waals surface area contributed by atoms with Crippen molar-refractivity contribution in [3.63, 3.8) is 0 Å². The summed E-state index contributed by atoms with van der Waals surface area (Å²) in [6.45, 7) is 4.43. The number of benzene rings is 1. The third kappa shape index (κ3) is 3.41. The van der Waals surface area contributed by atoms with Crippen molar-refractivity contribution in [1.82, 2.24) is 0 Å². The molecule has 0 spiro atoms. The molecular weight excluding hydrogens is 200 g/mol.